The zero-order chi connectivity index (χ0) is 14.2. The summed E-state index contributed by atoms with van der Waals surface area (Å²) in [4.78, 5) is 11.7. The predicted molar refractivity (Wildman–Crippen MR) is 85.4 cm³/mol. The van der Waals surface area contributed by atoms with Crippen LogP contribution < -0.4 is 0 Å². The van der Waals surface area contributed by atoms with Gasteiger partial charge in [-0.25, -0.2) is 0 Å². The van der Waals surface area contributed by atoms with Crippen molar-refractivity contribution >= 4 is 5.78 Å². The van der Waals surface area contributed by atoms with Gasteiger partial charge in [-0.2, -0.15) is 0 Å². The Balaban J connectivity index is 1.63. The van der Waals surface area contributed by atoms with Crippen molar-refractivity contribution in [3.8, 4) is 0 Å². The van der Waals surface area contributed by atoms with Crippen LogP contribution in [0, 0.1) is 0 Å². The average Bonchev–Trinajstić information content (AvgIpc) is 2.83. The van der Waals surface area contributed by atoms with Gasteiger partial charge >= 0.3 is 0 Å². The summed E-state index contributed by atoms with van der Waals surface area (Å²) in [6, 6.07) is 6.53. The Hall–Kier alpha value is -1.11. The number of hydrogen-bond donors (Lipinski definition) is 0. The van der Waals surface area contributed by atoms with Crippen LogP contribution >= 0.6 is 0 Å². The molecule has 1 nitrogen and oxygen atoms in total. The van der Waals surface area contributed by atoms with E-state index in [4.69, 9.17) is 0 Å². The van der Waals surface area contributed by atoms with Crippen LogP contribution in [0.3, 0.4) is 0 Å². The minimum absolute atomic E-state index is 0.345. The number of fused-ring (bicyclic) bond motifs is 1. The van der Waals surface area contributed by atoms with Gasteiger partial charge in [-0.05, 0) is 36.5 Å². The van der Waals surface area contributed by atoms with E-state index in [1.165, 1.54) is 62.5 Å². The first-order valence-electron chi connectivity index (χ1n) is 8.46. The summed E-state index contributed by atoms with van der Waals surface area (Å²) in [6.45, 7) is 2.27. The lowest BCUT2D eigenvalue weighted by Crippen LogP contribution is -1.94. The maximum atomic E-state index is 11.7. The fourth-order valence-electron chi connectivity index (χ4n) is 3.10. The Morgan fingerprint density at radius 3 is 2.35 bits per heavy atom. The molecule has 0 fully saturated rings. The molecule has 0 bridgehead atoms. The Kier molecular flexibility index (Phi) is 6.29. The molecule has 0 spiro atoms. The first kappa shape index (κ1) is 15.3. The molecule has 20 heavy (non-hydrogen) atoms. The minimum Gasteiger partial charge on any atom is -0.294 e. The normalized spacial score (nSPS) is 13.8. The Morgan fingerprint density at radius 2 is 1.60 bits per heavy atom. The van der Waals surface area contributed by atoms with E-state index in [9.17, 15) is 4.79 Å². The highest BCUT2D eigenvalue weighted by molar-refractivity contribution is 6.00. The second kappa shape index (κ2) is 8.24. The number of aryl methyl sites for hydroxylation is 2. The van der Waals surface area contributed by atoms with E-state index in [0.29, 0.717) is 5.78 Å². The summed E-state index contributed by atoms with van der Waals surface area (Å²) < 4.78 is 0. The first-order chi connectivity index (χ1) is 9.81. The van der Waals surface area contributed by atoms with Gasteiger partial charge in [0.2, 0.25) is 0 Å². The van der Waals surface area contributed by atoms with Gasteiger partial charge in [0.25, 0.3) is 0 Å². The van der Waals surface area contributed by atoms with Gasteiger partial charge in [0.15, 0.2) is 5.78 Å². The molecule has 0 N–H and O–H groups in total. The second-order valence-electron chi connectivity index (χ2n) is 6.14. The van der Waals surface area contributed by atoms with Gasteiger partial charge in [-0.1, -0.05) is 64.0 Å². The molecule has 110 valence electrons. The van der Waals surface area contributed by atoms with Crippen molar-refractivity contribution in [3.05, 3.63) is 34.9 Å². The van der Waals surface area contributed by atoms with Crippen LogP contribution in [0.5, 0.6) is 0 Å². The van der Waals surface area contributed by atoms with Gasteiger partial charge in [0.05, 0.1) is 0 Å². The van der Waals surface area contributed by atoms with Gasteiger partial charge < -0.3 is 0 Å². The monoisotopic (exact) mass is 272 g/mol. The molecule has 0 saturated heterocycles. The van der Waals surface area contributed by atoms with Crippen LogP contribution in [0.25, 0.3) is 0 Å². The van der Waals surface area contributed by atoms with Crippen molar-refractivity contribution in [2.45, 2.75) is 77.6 Å². The number of benzene rings is 1. The van der Waals surface area contributed by atoms with Crippen LogP contribution in [0.15, 0.2) is 18.2 Å². The smallest absolute Gasteiger partial charge is 0.163 e. The number of hydrogen-bond acceptors (Lipinski definition) is 1. The van der Waals surface area contributed by atoms with Gasteiger partial charge in [-0.15, -0.1) is 0 Å². The van der Waals surface area contributed by atoms with Crippen molar-refractivity contribution in [1.82, 2.24) is 0 Å². The second-order valence-corrected chi connectivity index (χ2v) is 6.14. The molecule has 0 unspecified atom stereocenters. The molecule has 1 aromatic carbocycles. The largest absolute Gasteiger partial charge is 0.294 e. The molecule has 0 saturated carbocycles. The first-order valence-corrected chi connectivity index (χ1v) is 8.46. The molecule has 1 aliphatic carbocycles. The Labute approximate surface area is 123 Å². The Morgan fingerprint density at radius 1 is 0.900 bits per heavy atom. The van der Waals surface area contributed by atoms with Gasteiger partial charge in [0, 0.05) is 12.0 Å². The predicted octanol–water partition coefficient (Wildman–Crippen LogP) is 5.50. The molecule has 0 aliphatic heterocycles. The Bertz CT molecular complexity index is 433. The molecule has 0 amide bonds. The van der Waals surface area contributed by atoms with Crippen molar-refractivity contribution in [2.24, 2.45) is 0 Å². The highest BCUT2D eigenvalue weighted by Gasteiger charge is 2.18. The van der Waals surface area contributed by atoms with Gasteiger partial charge in [-0.3, -0.25) is 4.79 Å². The third kappa shape index (κ3) is 4.47. The summed E-state index contributed by atoms with van der Waals surface area (Å²) in [5.41, 5.74) is 3.61. The number of carbonyl (C=O) groups is 1. The maximum absolute atomic E-state index is 11.7. The topological polar surface area (TPSA) is 17.1 Å². The molecule has 0 heterocycles. The minimum atomic E-state index is 0.345. The number of ketones is 1. The number of Topliss-reactive ketones (excluding diaryl/α,β-unsaturated/α-hetero) is 1. The average molecular weight is 272 g/mol. The third-order valence-electron chi connectivity index (χ3n) is 4.42. The van der Waals surface area contributed by atoms with Crippen molar-refractivity contribution in [1.29, 1.82) is 0 Å². The van der Waals surface area contributed by atoms with E-state index in [1.807, 2.05) is 0 Å². The maximum Gasteiger partial charge on any atom is 0.163 e. The molecule has 0 radical (unpaired) electrons. The SMILES string of the molecule is CCCCCCCCCCc1ccc2c(c1)C(=O)CC2. The fourth-order valence-corrected chi connectivity index (χ4v) is 3.10. The van der Waals surface area contributed by atoms with Crippen LogP contribution in [0.2, 0.25) is 0 Å². The van der Waals surface area contributed by atoms with E-state index in [1.54, 1.807) is 0 Å². The van der Waals surface area contributed by atoms with Crippen LogP contribution in [0.1, 0.15) is 86.2 Å². The van der Waals surface area contributed by atoms with E-state index in [0.717, 1.165) is 24.8 Å². The molecular formula is C19H28O. The summed E-state index contributed by atoms with van der Waals surface area (Å²) in [5, 5.41) is 0. The lowest BCUT2D eigenvalue weighted by atomic mass is 10.0. The number of rotatable bonds is 9. The highest BCUT2D eigenvalue weighted by Crippen LogP contribution is 2.23. The van der Waals surface area contributed by atoms with Crippen LogP contribution in [0.4, 0.5) is 0 Å². The zero-order valence-corrected chi connectivity index (χ0v) is 12.9. The van der Waals surface area contributed by atoms with Crippen molar-refractivity contribution in [2.75, 3.05) is 0 Å². The third-order valence-corrected chi connectivity index (χ3v) is 4.42. The van der Waals surface area contributed by atoms with Crippen LogP contribution in [-0.4, -0.2) is 5.78 Å². The molecule has 0 atom stereocenters. The standard InChI is InChI=1S/C19H28O/c1-2-3-4-5-6-7-8-9-10-16-11-12-17-13-14-19(20)18(17)15-16/h11-12,15H,2-10,13-14H2,1H3. The highest BCUT2D eigenvalue weighted by atomic mass is 16.1. The quantitative estimate of drug-likeness (QED) is 0.542. The lowest BCUT2D eigenvalue weighted by Gasteiger charge is -2.05. The van der Waals surface area contributed by atoms with Crippen molar-refractivity contribution in [3.63, 3.8) is 0 Å². The molecule has 1 heteroatoms. The molecule has 1 aliphatic rings. The van der Waals surface area contributed by atoms with E-state index < -0.39 is 0 Å². The number of carbonyl (C=O) groups excluding carboxylic acids is 1. The fraction of sp³-hybridized carbons (Fsp3) is 0.632. The molecular weight excluding hydrogens is 244 g/mol. The van der Waals surface area contributed by atoms with E-state index in [-0.39, 0.29) is 0 Å². The molecule has 1 aromatic rings. The van der Waals surface area contributed by atoms with Crippen LogP contribution in [-0.2, 0) is 12.8 Å². The van der Waals surface area contributed by atoms with E-state index >= 15 is 0 Å². The van der Waals surface area contributed by atoms with Gasteiger partial charge in [0.1, 0.15) is 0 Å². The molecule has 2 rings (SSSR count). The summed E-state index contributed by atoms with van der Waals surface area (Å²) in [6.07, 6.45) is 13.7. The summed E-state index contributed by atoms with van der Waals surface area (Å²) in [5.74, 6) is 0.345. The van der Waals surface area contributed by atoms with Crippen molar-refractivity contribution < 1.29 is 4.79 Å². The molecule has 0 aromatic heterocycles. The zero-order valence-electron chi connectivity index (χ0n) is 12.9. The summed E-state index contributed by atoms with van der Waals surface area (Å²) >= 11 is 0. The summed E-state index contributed by atoms with van der Waals surface area (Å²) in [7, 11) is 0. The lowest BCUT2D eigenvalue weighted by molar-refractivity contribution is 0.0994. The number of unbranched alkanes of at least 4 members (excludes halogenated alkanes) is 7. The van der Waals surface area contributed by atoms with E-state index in [2.05, 4.69) is 25.1 Å².